The van der Waals surface area contributed by atoms with Gasteiger partial charge in [0.1, 0.15) is 16.5 Å². The highest BCUT2D eigenvalue weighted by Crippen LogP contribution is 2.26. The van der Waals surface area contributed by atoms with Crippen LogP contribution in [0.5, 0.6) is 5.75 Å². The van der Waals surface area contributed by atoms with Crippen LogP contribution < -0.4 is 9.64 Å². The second-order valence-corrected chi connectivity index (χ2v) is 9.73. The van der Waals surface area contributed by atoms with E-state index < -0.39 is 10.0 Å². The fraction of sp³-hybridized carbons (Fsp3) is 0.421. The molecule has 1 fully saturated rings. The molecule has 3 rings (SSSR count). The van der Waals surface area contributed by atoms with E-state index in [2.05, 4.69) is 25.8 Å². The summed E-state index contributed by atoms with van der Waals surface area (Å²) in [7, 11) is 2.05. The topological polar surface area (TPSA) is 66.0 Å². The van der Waals surface area contributed by atoms with Crippen molar-refractivity contribution in [3.05, 3.63) is 46.6 Å². The van der Waals surface area contributed by atoms with Crippen LogP contribution in [0.2, 0.25) is 0 Å². The van der Waals surface area contributed by atoms with E-state index in [1.165, 1.54) is 10.5 Å². The van der Waals surface area contributed by atoms with Crippen LogP contribution in [0.15, 0.2) is 45.9 Å². The molecule has 152 valence electrons. The van der Waals surface area contributed by atoms with Gasteiger partial charge in [0.15, 0.2) is 0 Å². The molecule has 0 amide bonds. The van der Waals surface area contributed by atoms with E-state index in [1.54, 1.807) is 19.2 Å². The minimum Gasteiger partial charge on any atom is -0.496 e. The smallest absolute Gasteiger partial charge is 0.244 e. The Morgan fingerprint density at radius 3 is 2.50 bits per heavy atom. The molecule has 0 bridgehead atoms. The number of halogens is 1. The lowest BCUT2D eigenvalue weighted by Gasteiger charge is -2.31. The number of hydrogen-bond donors (Lipinski definition) is 0. The number of anilines is 1. The zero-order valence-electron chi connectivity index (χ0n) is 16.3. The maximum atomic E-state index is 12.8. The van der Waals surface area contributed by atoms with Crippen LogP contribution in [-0.2, 0) is 16.6 Å². The second kappa shape index (κ2) is 8.77. The van der Waals surface area contributed by atoms with Crippen molar-refractivity contribution in [2.75, 3.05) is 52.3 Å². The molecule has 7 nitrogen and oxygen atoms in total. The summed E-state index contributed by atoms with van der Waals surface area (Å²) in [6, 6.07) is 9.21. The number of sulfonamides is 1. The third kappa shape index (κ3) is 4.65. The second-order valence-electron chi connectivity index (χ2n) is 6.87. The number of pyridine rings is 1. The van der Waals surface area contributed by atoms with Crippen LogP contribution in [0.3, 0.4) is 0 Å². The molecule has 0 N–H and O–H groups in total. The van der Waals surface area contributed by atoms with Crippen molar-refractivity contribution in [1.82, 2.24) is 14.2 Å². The van der Waals surface area contributed by atoms with Crippen molar-refractivity contribution in [2.24, 2.45) is 0 Å². The number of benzene rings is 1. The van der Waals surface area contributed by atoms with Crippen LogP contribution >= 0.6 is 15.9 Å². The van der Waals surface area contributed by atoms with Gasteiger partial charge in [0, 0.05) is 56.0 Å². The Bertz CT molecular complexity index is 913. The molecule has 0 saturated carbocycles. The maximum Gasteiger partial charge on any atom is 0.244 e. The van der Waals surface area contributed by atoms with Gasteiger partial charge in [-0.1, -0.05) is 15.9 Å². The summed E-state index contributed by atoms with van der Waals surface area (Å²) in [6.07, 6.45) is 1.44. The third-order valence-electron chi connectivity index (χ3n) is 4.86. The number of aromatic nitrogens is 1. The molecule has 0 aliphatic carbocycles. The highest BCUT2D eigenvalue weighted by molar-refractivity contribution is 9.10. The number of methoxy groups -OCH3 is 1. The highest BCUT2D eigenvalue weighted by Gasteiger charge is 2.27. The molecular formula is C19H25BrN4O3S. The minimum atomic E-state index is -3.50. The Morgan fingerprint density at radius 2 is 1.89 bits per heavy atom. The van der Waals surface area contributed by atoms with Crippen LogP contribution in [0.25, 0.3) is 0 Å². The number of likely N-dealkylation sites (N-methyl/N-ethyl adjacent to an activating group) is 1. The van der Waals surface area contributed by atoms with E-state index in [4.69, 9.17) is 4.74 Å². The molecular weight excluding hydrogens is 444 g/mol. The number of hydrogen-bond acceptors (Lipinski definition) is 6. The largest absolute Gasteiger partial charge is 0.496 e. The van der Waals surface area contributed by atoms with Gasteiger partial charge in [-0.05, 0) is 37.4 Å². The van der Waals surface area contributed by atoms with Crippen molar-refractivity contribution in [2.45, 2.75) is 11.4 Å². The zero-order valence-corrected chi connectivity index (χ0v) is 18.7. The molecule has 2 aromatic rings. The Hall–Kier alpha value is -1.68. The first-order chi connectivity index (χ1) is 13.3. The summed E-state index contributed by atoms with van der Waals surface area (Å²) in [5.74, 6) is 1.49. The van der Waals surface area contributed by atoms with E-state index in [-0.39, 0.29) is 4.90 Å². The Kier molecular flexibility index (Phi) is 6.59. The van der Waals surface area contributed by atoms with Gasteiger partial charge in [0.2, 0.25) is 10.0 Å². The average molecular weight is 469 g/mol. The van der Waals surface area contributed by atoms with E-state index in [9.17, 15) is 8.42 Å². The molecule has 28 heavy (non-hydrogen) atoms. The molecule has 0 radical (unpaired) electrons. The summed E-state index contributed by atoms with van der Waals surface area (Å²) in [5.41, 5.74) is 1.01. The molecule has 0 spiro atoms. The van der Waals surface area contributed by atoms with Crippen molar-refractivity contribution in [3.63, 3.8) is 0 Å². The standard InChI is InChI=1S/C19H25BrN4O3S/c1-22-8-10-24(11-9-22)28(25,26)17-5-7-19(21-13-17)23(2)14-15-12-16(20)4-6-18(15)27-3/h4-7,12-13H,8-11,14H2,1-3H3. The lowest BCUT2D eigenvalue weighted by atomic mass is 10.2. The molecule has 2 heterocycles. The lowest BCUT2D eigenvalue weighted by Crippen LogP contribution is -2.47. The molecule has 1 aliphatic rings. The first-order valence-electron chi connectivity index (χ1n) is 8.99. The van der Waals surface area contributed by atoms with E-state index >= 15 is 0 Å². The lowest BCUT2D eigenvalue weighted by molar-refractivity contribution is 0.222. The van der Waals surface area contributed by atoms with Gasteiger partial charge >= 0.3 is 0 Å². The van der Waals surface area contributed by atoms with Gasteiger partial charge in [-0.2, -0.15) is 4.31 Å². The monoisotopic (exact) mass is 468 g/mol. The van der Waals surface area contributed by atoms with E-state index in [0.29, 0.717) is 25.5 Å². The fourth-order valence-corrected chi connectivity index (χ4v) is 4.91. The number of rotatable bonds is 6. The first kappa shape index (κ1) is 21.0. The fourth-order valence-electron chi connectivity index (χ4n) is 3.14. The molecule has 1 aliphatic heterocycles. The summed E-state index contributed by atoms with van der Waals surface area (Å²) in [6.45, 7) is 3.07. The van der Waals surface area contributed by atoms with Crippen molar-refractivity contribution < 1.29 is 13.2 Å². The maximum absolute atomic E-state index is 12.8. The first-order valence-corrected chi connectivity index (χ1v) is 11.2. The van der Waals surface area contributed by atoms with Crippen LogP contribution in [-0.4, -0.2) is 70.0 Å². The molecule has 9 heteroatoms. The van der Waals surface area contributed by atoms with Gasteiger partial charge in [0.05, 0.1) is 7.11 Å². The summed E-state index contributed by atoms with van der Waals surface area (Å²) >= 11 is 3.48. The third-order valence-corrected chi connectivity index (χ3v) is 7.24. The van der Waals surface area contributed by atoms with Crippen molar-refractivity contribution >= 4 is 31.8 Å². The Labute approximate surface area is 175 Å². The van der Waals surface area contributed by atoms with Crippen LogP contribution in [0, 0.1) is 0 Å². The predicted molar refractivity (Wildman–Crippen MR) is 113 cm³/mol. The van der Waals surface area contributed by atoms with Gasteiger partial charge in [-0.25, -0.2) is 13.4 Å². The van der Waals surface area contributed by atoms with Crippen LogP contribution in [0.4, 0.5) is 5.82 Å². The van der Waals surface area contributed by atoms with Gasteiger partial charge in [0.25, 0.3) is 0 Å². The zero-order chi connectivity index (χ0) is 20.3. The molecule has 1 aromatic carbocycles. The number of ether oxygens (including phenoxy) is 1. The van der Waals surface area contributed by atoms with E-state index in [1.807, 2.05) is 37.2 Å². The molecule has 0 atom stereocenters. The van der Waals surface area contributed by atoms with Gasteiger partial charge < -0.3 is 14.5 Å². The minimum absolute atomic E-state index is 0.231. The predicted octanol–water partition coefficient (Wildman–Crippen LogP) is 2.43. The summed E-state index contributed by atoms with van der Waals surface area (Å²) < 4.78 is 33.6. The van der Waals surface area contributed by atoms with Gasteiger partial charge in [-0.15, -0.1) is 0 Å². The summed E-state index contributed by atoms with van der Waals surface area (Å²) in [5, 5.41) is 0. The van der Waals surface area contributed by atoms with Crippen LogP contribution in [0.1, 0.15) is 5.56 Å². The quantitative estimate of drug-likeness (QED) is 0.648. The van der Waals surface area contributed by atoms with E-state index in [0.717, 1.165) is 28.9 Å². The number of piperazine rings is 1. The van der Waals surface area contributed by atoms with Crippen molar-refractivity contribution in [1.29, 1.82) is 0 Å². The summed E-state index contributed by atoms with van der Waals surface area (Å²) in [4.78, 5) is 8.70. The van der Waals surface area contributed by atoms with Gasteiger partial charge in [-0.3, -0.25) is 0 Å². The SMILES string of the molecule is COc1ccc(Br)cc1CN(C)c1ccc(S(=O)(=O)N2CCN(C)CC2)cn1. The Morgan fingerprint density at radius 1 is 1.18 bits per heavy atom. The van der Waals surface area contributed by atoms with Crippen molar-refractivity contribution in [3.8, 4) is 5.75 Å². The molecule has 0 unspecified atom stereocenters. The highest BCUT2D eigenvalue weighted by atomic mass is 79.9. The molecule has 1 aromatic heterocycles. The average Bonchev–Trinajstić information content (AvgIpc) is 2.68. The molecule has 1 saturated heterocycles. The number of nitrogens with zero attached hydrogens (tertiary/aromatic N) is 4. The Balaban J connectivity index is 1.74. The normalized spacial score (nSPS) is 16.1.